The zero-order chi connectivity index (χ0) is 25.1. The average molecular weight is 497 g/mol. The normalized spacial score (nSPS) is 16.1. The molecule has 7 nitrogen and oxygen atoms in total. The topological polar surface area (TPSA) is 87.3 Å². The van der Waals surface area contributed by atoms with Gasteiger partial charge in [-0.25, -0.2) is 0 Å². The lowest BCUT2D eigenvalue weighted by Gasteiger charge is -2.20. The summed E-state index contributed by atoms with van der Waals surface area (Å²) in [6, 6.07) is 23.1. The molecule has 2 aliphatic heterocycles. The van der Waals surface area contributed by atoms with E-state index < -0.39 is 5.91 Å². The number of ether oxygens (including phenoxy) is 2. The van der Waals surface area contributed by atoms with Gasteiger partial charge in [0.25, 0.3) is 5.91 Å². The maximum atomic E-state index is 12.7. The van der Waals surface area contributed by atoms with Gasteiger partial charge in [-0.15, -0.1) is 0 Å². The molecule has 0 spiro atoms. The highest BCUT2D eigenvalue weighted by Crippen LogP contribution is 2.31. The highest BCUT2D eigenvalue weighted by Gasteiger charge is 2.35. The van der Waals surface area contributed by atoms with E-state index in [0.717, 1.165) is 28.0 Å². The largest absolute Gasteiger partial charge is 0.490 e. The molecule has 0 aromatic heterocycles. The van der Waals surface area contributed by atoms with Crippen molar-refractivity contribution in [2.45, 2.75) is 13.8 Å². The van der Waals surface area contributed by atoms with Gasteiger partial charge in [0.05, 0.1) is 5.57 Å². The van der Waals surface area contributed by atoms with Crippen LogP contribution in [0.3, 0.4) is 0 Å². The molecule has 0 radical (unpaired) electrons. The highest BCUT2D eigenvalue weighted by atomic mass is 32.2. The Labute approximate surface area is 213 Å². The predicted molar refractivity (Wildman–Crippen MR) is 144 cm³/mol. The van der Waals surface area contributed by atoms with Crippen molar-refractivity contribution in [1.82, 2.24) is 5.01 Å². The van der Waals surface area contributed by atoms with Crippen molar-refractivity contribution < 1.29 is 14.3 Å². The molecule has 2 heterocycles. The molecule has 0 atom stereocenters. The fourth-order valence-electron chi connectivity index (χ4n) is 3.69. The summed E-state index contributed by atoms with van der Waals surface area (Å²) in [6.45, 7) is 4.89. The molecule has 8 heteroatoms. The molecule has 36 heavy (non-hydrogen) atoms. The monoisotopic (exact) mass is 496 g/mol. The Morgan fingerprint density at radius 3 is 2.50 bits per heavy atom. The number of thioether (sulfide) groups is 1. The van der Waals surface area contributed by atoms with Crippen LogP contribution in [-0.4, -0.2) is 40.2 Å². The van der Waals surface area contributed by atoms with Gasteiger partial charge in [0, 0.05) is 5.56 Å². The Bertz CT molecular complexity index is 1410. The van der Waals surface area contributed by atoms with E-state index >= 15 is 0 Å². The van der Waals surface area contributed by atoms with Crippen molar-refractivity contribution in [3.05, 3.63) is 101 Å². The molecule has 0 bridgehead atoms. The molecular weight excluding hydrogens is 472 g/mol. The summed E-state index contributed by atoms with van der Waals surface area (Å²) in [5, 5.41) is 15.6. The van der Waals surface area contributed by atoms with E-state index in [-0.39, 0.29) is 11.4 Å². The van der Waals surface area contributed by atoms with E-state index in [1.54, 1.807) is 6.08 Å². The van der Waals surface area contributed by atoms with Crippen LogP contribution in [0.4, 0.5) is 0 Å². The summed E-state index contributed by atoms with van der Waals surface area (Å²) in [5.41, 5.74) is 4.11. The fraction of sp³-hybridized carbons (Fsp3) is 0.143. The maximum absolute atomic E-state index is 12.7. The molecule has 2 aliphatic rings. The molecule has 0 aliphatic carbocycles. The van der Waals surface area contributed by atoms with E-state index in [1.807, 2.05) is 80.6 Å². The summed E-state index contributed by atoms with van der Waals surface area (Å²) in [4.78, 5) is 16.8. The van der Waals surface area contributed by atoms with Gasteiger partial charge in [-0.1, -0.05) is 54.6 Å². The van der Waals surface area contributed by atoms with Gasteiger partial charge in [0.15, 0.2) is 5.84 Å². The molecule has 180 valence electrons. The number of aliphatic imine (C=N–C) groups is 1. The summed E-state index contributed by atoms with van der Waals surface area (Å²) in [6.07, 6.45) is 1.65. The van der Waals surface area contributed by atoms with Crippen LogP contribution in [0.25, 0.3) is 6.08 Å². The van der Waals surface area contributed by atoms with Crippen molar-refractivity contribution >= 4 is 39.8 Å². The van der Waals surface area contributed by atoms with Gasteiger partial charge < -0.3 is 9.47 Å². The first-order chi connectivity index (χ1) is 17.5. The Hall–Kier alpha value is -4.17. The van der Waals surface area contributed by atoms with E-state index in [4.69, 9.17) is 14.9 Å². The van der Waals surface area contributed by atoms with Crippen molar-refractivity contribution in [2.24, 2.45) is 10.1 Å². The van der Waals surface area contributed by atoms with E-state index in [1.165, 1.54) is 16.8 Å². The number of rotatable bonds is 7. The predicted octanol–water partition coefficient (Wildman–Crippen LogP) is 5.43. The number of carbonyl (C=O) groups excluding carboxylic acids is 1. The number of amidine groups is 2. The zero-order valence-corrected chi connectivity index (χ0v) is 20.7. The van der Waals surface area contributed by atoms with Crippen molar-refractivity contribution in [3.8, 4) is 11.5 Å². The number of nitrogens with zero attached hydrogens (tertiary/aromatic N) is 3. The van der Waals surface area contributed by atoms with Gasteiger partial charge in [-0.3, -0.25) is 10.2 Å². The highest BCUT2D eigenvalue weighted by molar-refractivity contribution is 8.27. The number of hydrogen-bond acceptors (Lipinski definition) is 6. The van der Waals surface area contributed by atoms with Crippen LogP contribution in [0.15, 0.2) is 88.5 Å². The third-order valence-corrected chi connectivity index (χ3v) is 6.58. The molecule has 3 aromatic carbocycles. The summed E-state index contributed by atoms with van der Waals surface area (Å²) in [7, 11) is 0. The van der Waals surface area contributed by atoms with E-state index in [0.29, 0.717) is 29.2 Å². The Balaban J connectivity index is 1.22. The maximum Gasteiger partial charge on any atom is 0.283 e. The molecule has 0 fully saturated rings. The first kappa shape index (κ1) is 23.6. The quantitative estimate of drug-likeness (QED) is 0.348. The number of aryl methyl sites for hydroxylation is 2. The van der Waals surface area contributed by atoms with Crippen LogP contribution in [0, 0.1) is 19.3 Å². The molecule has 5 rings (SSSR count). The molecule has 1 N–H and O–H groups in total. The summed E-state index contributed by atoms with van der Waals surface area (Å²) in [5.74, 6) is 1.11. The molecule has 3 aromatic rings. The Morgan fingerprint density at radius 1 is 0.972 bits per heavy atom. The van der Waals surface area contributed by atoms with Crippen LogP contribution >= 0.6 is 11.8 Å². The minimum absolute atomic E-state index is 0.00680. The SMILES string of the molecule is Cc1ccc(C)c(OCCOc2ccc(/C=C3/C(=N)N4N=C(c5ccccc5)SC4=NC3=O)cc2)c1. The zero-order valence-electron chi connectivity index (χ0n) is 19.9. The standard InChI is InChI=1S/C28H24N4O3S/c1-18-8-9-19(2)24(16-18)35-15-14-34-22-12-10-20(11-13-22)17-23-25(29)32-28(30-26(23)33)36-27(31-32)21-6-4-3-5-7-21/h3-13,16-17,29H,14-15H2,1-2H3/b23-17-,29-25?. The van der Waals surface area contributed by atoms with E-state index in [9.17, 15) is 4.79 Å². The minimum Gasteiger partial charge on any atom is -0.490 e. The summed E-state index contributed by atoms with van der Waals surface area (Å²) >= 11 is 1.29. The van der Waals surface area contributed by atoms with Gasteiger partial charge in [-0.05, 0) is 66.6 Å². The van der Waals surface area contributed by atoms with Gasteiger partial charge >= 0.3 is 0 Å². The smallest absolute Gasteiger partial charge is 0.283 e. The van der Waals surface area contributed by atoms with Crippen molar-refractivity contribution in [2.75, 3.05) is 13.2 Å². The molecular formula is C28H24N4O3S. The number of benzene rings is 3. The lowest BCUT2D eigenvalue weighted by atomic mass is 10.1. The van der Waals surface area contributed by atoms with Gasteiger partial charge in [0.2, 0.25) is 5.17 Å². The second kappa shape index (κ2) is 10.2. The number of amides is 1. The van der Waals surface area contributed by atoms with Crippen molar-refractivity contribution in [1.29, 1.82) is 5.41 Å². The van der Waals surface area contributed by atoms with E-state index in [2.05, 4.69) is 16.2 Å². The fourth-order valence-corrected chi connectivity index (χ4v) is 4.59. The first-order valence-corrected chi connectivity index (χ1v) is 12.3. The third kappa shape index (κ3) is 5.08. The number of fused-ring (bicyclic) bond motifs is 1. The van der Waals surface area contributed by atoms with Crippen LogP contribution in [0.1, 0.15) is 22.3 Å². The van der Waals surface area contributed by atoms with Crippen LogP contribution in [0.5, 0.6) is 11.5 Å². The number of carbonyl (C=O) groups is 1. The average Bonchev–Trinajstić information content (AvgIpc) is 3.32. The Kier molecular flexibility index (Phi) is 6.69. The Morgan fingerprint density at radius 2 is 1.72 bits per heavy atom. The number of nitrogens with one attached hydrogen (secondary N) is 1. The van der Waals surface area contributed by atoms with Gasteiger partial charge in [-0.2, -0.15) is 15.1 Å². The van der Waals surface area contributed by atoms with Crippen molar-refractivity contribution in [3.63, 3.8) is 0 Å². The van der Waals surface area contributed by atoms with Gasteiger partial charge in [0.1, 0.15) is 29.8 Å². The second-order valence-corrected chi connectivity index (χ2v) is 9.28. The third-order valence-electron chi connectivity index (χ3n) is 5.62. The number of hydrazone groups is 1. The first-order valence-electron chi connectivity index (χ1n) is 11.5. The lowest BCUT2D eigenvalue weighted by Crippen LogP contribution is -2.35. The lowest BCUT2D eigenvalue weighted by molar-refractivity contribution is -0.114. The molecule has 0 saturated carbocycles. The number of hydrogen-bond donors (Lipinski definition) is 1. The molecule has 1 amide bonds. The molecule has 0 saturated heterocycles. The van der Waals surface area contributed by atoms with Crippen LogP contribution in [0.2, 0.25) is 0 Å². The second-order valence-electron chi connectivity index (χ2n) is 8.33. The molecule has 0 unspecified atom stereocenters. The summed E-state index contributed by atoms with van der Waals surface area (Å²) < 4.78 is 11.6. The van der Waals surface area contributed by atoms with Crippen LogP contribution in [-0.2, 0) is 4.79 Å². The van der Waals surface area contributed by atoms with Crippen LogP contribution < -0.4 is 9.47 Å². The minimum atomic E-state index is -0.452.